The zero-order valence-electron chi connectivity index (χ0n) is 7.38. The standard InChI is InChI=1S/C10H8N4/c11-7-5-12-6-14-9-4-2-1-3-8(9)13-10(7)14/h1-6H,11H2. The van der Waals surface area contributed by atoms with Gasteiger partial charge >= 0.3 is 0 Å². The number of hydrogen-bond acceptors (Lipinski definition) is 3. The van der Waals surface area contributed by atoms with Crippen LogP contribution < -0.4 is 5.73 Å². The lowest BCUT2D eigenvalue weighted by Crippen LogP contribution is -1.93. The van der Waals surface area contributed by atoms with Crippen LogP contribution in [0.15, 0.2) is 36.8 Å². The van der Waals surface area contributed by atoms with Crippen molar-refractivity contribution in [3.63, 3.8) is 0 Å². The summed E-state index contributed by atoms with van der Waals surface area (Å²) in [6.45, 7) is 0. The van der Waals surface area contributed by atoms with E-state index in [4.69, 9.17) is 5.73 Å². The summed E-state index contributed by atoms with van der Waals surface area (Å²) < 4.78 is 1.89. The molecule has 2 aromatic heterocycles. The highest BCUT2D eigenvalue weighted by Gasteiger charge is 2.04. The van der Waals surface area contributed by atoms with Crippen molar-refractivity contribution >= 4 is 22.4 Å². The fraction of sp³-hybridized carbons (Fsp3) is 0. The Morgan fingerprint density at radius 1 is 1.21 bits per heavy atom. The molecular formula is C10H8N4. The SMILES string of the molecule is Nc1cncn2c1nc1ccccc12. The minimum Gasteiger partial charge on any atom is -0.394 e. The Bertz CT molecular complexity index is 612. The first-order chi connectivity index (χ1) is 6.86. The lowest BCUT2D eigenvalue weighted by atomic mass is 10.3. The van der Waals surface area contributed by atoms with E-state index in [1.165, 1.54) is 0 Å². The maximum Gasteiger partial charge on any atom is 0.164 e. The Morgan fingerprint density at radius 2 is 2.07 bits per heavy atom. The number of rotatable bonds is 0. The second kappa shape index (κ2) is 2.45. The van der Waals surface area contributed by atoms with E-state index in [-0.39, 0.29) is 0 Å². The van der Waals surface area contributed by atoms with Gasteiger partial charge in [-0.15, -0.1) is 0 Å². The van der Waals surface area contributed by atoms with Crippen molar-refractivity contribution in [1.82, 2.24) is 14.4 Å². The largest absolute Gasteiger partial charge is 0.394 e. The zero-order chi connectivity index (χ0) is 9.54. The summed E-state index contributed by atoms with van der Waals surface area (Å²) in [6, 6.07) is 7.89. The van der Waals surface area contributed by atoms with Gasteiger partial charge in [0.05, 0.1) is 22.9 Å². The van der Waals surface area contributed by atoms with Gasteiger partial charge in [-0.3, -0.25) is 4.40 Å². The third-order valence-corrected chi connectivity index (χ3v) is 2.25. The van der Waals surface area contributed by atoms with E-state index in [1.807, 2.05) is 28.7 Å². The molecule has 4 nitrogen and oxygen atoms in total. The van der Waals surface area contributed by atoms with Gasteiger partial charge in [0.15, 0.2) is 5.65 Å². The summed E-state index contributed by atoms with van der Waals surface area (Å²) in [7, 11) is 0. The van der Waals surface area contributed by atoms with Crippen LogP contribution in [0.1, 0.15) is 0 Å². The molecule has 0 fully saturated rings. The van der Waals surface area contributed by atoms with Crippen LogP contribution >= 0.6 is 0 Å². The molecule has 3 rings (SSSR count). The van der Waals surface area contributed by atoms with Crippen molar-refractivity contribution in [3.05, 3.63) is 36.8 Å². The van der Waals surface area contributed by atoms with Gasteiger partial charge in [0.1, 0.15) is 6.33 Å². The Kier molecular flexibility index (Phi) is 1.28. The van der Waals surface area contributed by atoms with Gasteiger partial charge in [0.2, 0.25) is 0 Å². The van der Waals surface area contributed by atoms with E-state index in [9.17, 15) is 0 Å². The van der Waals surface area contributed by atoms with Crippen LogP contribution in [0.25, 0.3) is 16.7 Å². The third-order valence-electron chi connectivity index (χ3n) is 2.25. The molecular weight excluding hydrogens is 176 g/mol. The molecule has 0 saturated heterocycles. The summed E-state index contributed by atoms with van der Waals surface area (Å²) in [5.41, 5.74) is 9.11. The summed E-state index contributed by atoms with van der Waals surface area (Å²) in [5, 5.41) is 0. The average Bonchev–Trinajstić information content (AvgIpc) is 2.59. The second-order valence-corrected chi connectivity index (χ2v) is 3.14. The second-order valence-electron chi connectivity index (χ2n) is 3.14. The lowest BCUT2D eigenvalue weighted by molar-refractivity contribution is 1.12. The van der Waals surface area contributed by atoms with E-state index >= 15 is 0 Å². The number of imidazole rings is 1. The van der Waals surface area contributed by atoms with Crippen molar-refractivity contribution in [2.45, 2.75) is 0 Å². The number of para-hydroxylation sites is 2. The van der Waals surface area contributed by atoms with Crippen LogP contribution in [-0.2, 0) is 0 Å². The summed E-state index contributed by atoms with van der Waals surface area (Å²) in [4.78, 5) is 8.45. The predicted molar refractivity (Wildman–Crippen MR) is 54.9 cm³/mol. The smallest absolute Gasteiger partial charge is 0.164 e. The number of aromatic nitrogens is 3. The van der Waals surface area contributed by atoms with E-state index in [2.05, 4.69) is 9.97 Å². The highest BCUT2D eigenvalue weighted by atomic mass is 15.1. The van der Waals surface area contributed by atoms with Gasteiger partial charge in [-0.2, -0.15) is 0 Å². The molecule has 1 aromatic carbocycles. The van der Waals surface area contributed by atoms with Gasteiger partial charge in [-0.05, 0) is 12.1 Å². The van der Waals surface area contributed by atoms with Crippen LogP contribution in [-0.4, -0.2) is 14.4 Å². The highest BCUT2D eigenvalue weighted by Crippen LogP contribution is 2.18. The normalized spacial score (nSPS) is 11.1. The Labute approximate surface area is 80.0 Å². The van der Waals surface area contributed by atoms with E-state index < -0.39 is 0 Å². The van der Waals surface area contributed by atoms with Crippen LogP contribution in [0.3, 0.4) is 0 Å². The molecule has 0 radical (unpaired) electrons. The minimum absolute atomic E-state index is 0.601. The number of nitrogen functional groups attached to an aromatic ring is 1. The average molecular weight is 184 g/mol. The molecule has 0 spiro atoms. The maximum atomic E-state index is 5.77. The molecule has 0 aliphatic rings. The van der Waals surface area contributed by atoms with E-state index in [0.717, 1.165) is 16.7 Å². The van der Waals surface area contributed by atoms with Crippen molar-refractivity contribution in [3.8, 4) is 0 Å². The first-order valence-corrected chi connectivity index (χ1v) is 4.32. The number of nitrogens with zero attached hydrogens (tertiary/aromatic N) is 3. The number of fused-ring (bicyclic) bond motifs is 3. The van der Waals surface area contributed by atoms with E-state index in [1.54, 1.807) is 12.5 Å². The fourth-order valence-corrected chi connectivity index (χ4v) is 1.60. The van der Waals surface area contributed by atoms with Gasteiger partial charge < -0.3 is 5.73 Å². The third kappa shape index (κ3) is 0.821. The molecule has 3 aromatic rings. The molecule has 4 heteroatoms. The summed E-state index contributed by atoms with van der Waals surface area (Å²) in [5.74, 6) is 0. The topological polar surface area (TPSA) is 56.2 Å². The van der Waals surface area contributed by atoms with E-state index in [0.29, 0.717) is 5.69 Å². The number of benzene rings is 1. The van der Waals surface area contributed by atoms with Gasteiger partial charge in [-0.25, -0.2) is 9.97 Å². The first kappa shape index (κ1) is 7.32. The molecule has 68 valence electrons. The van der Waals surface area contributed by atoms with Gasteiger partial charge in [0.25, 0.3) is 0 Å². The molecule has 0 bridgehead atoms. The van der Waals surface area contributed by atoms with Crippen molar-refractivity contribution < 1.29 is 0 Å². The molecule has 0 saturated carbocycles. The number of nitrogens with two attached hydrogens (primary N) is 1. The van der Waals surface area contributed by atoms with Gasteiger partial charge in [0, 0.05) is 0 Å². The van der Waals surface area contributed by atoms with Gasteiger partial charge in [-0.1, -0.05) is 12.1 Å². The molecule has 0 unspecified atom stereocenters. The molecule has 2 heterocycles. The number of anilines is 1. The number of hydrogen-bond donors (Lipinski definition) is 1. The van der Waals surface area contributed by atoms with Crippen LogP contribution in [0.5, 0.6) is 0 Å². The highest BCUT2D eigenvalue weighted by molar-refractivity contribution is 5.83. The molecule has 14 heavy (non-hydrogen) atoms. The lowest BCUT2D eigenvalue weighted by Gasteiger charge is -1.95. The Balaban J connectivity index is 2.63. The van der Waals surface area contributed by atoms with Crippen molar-refractivity contribution in [2.75, 3.05) is 5.73 Å². The van der Waals surface area contributed by atoms with Crippen LogP contribution in [0.4, 0.5) is 5.69 Å². The zero-order valence-corrected chi connectivity index (χ0v) is 7.38. The molecule has 2 N–H and O–H groups in total. The van der Waals surface area contributed by atoms with Crippen LogP contribution in [0.2, 0.25) is 0 Å². The summed E-state index contributed by atoms with van der Waals surface area (Å²) in [6.07, 6.45) is 3.34. The maximum absolute atomic E-state index is 5.77. The Hall–Kier alpha value is -2.10. The fourth-order valence-electron chi connectivity index (χ4n) is 1.60. The summed E-state index contributed by atoms with van der Waals surface area (Å²) >= 11 is 0. The van der Waals surface area contributed by atoms with Crippen molar-refractivity contribution in [2.24, 2.45) is 0 Å². The van der Waals surface area contributed by atoms with Crippen LogP contribution in [0, 0.1) is 0 Å². The quantitative estimate of drug-likeness (QED) is 0.575. The molecule has 0 amide bonds. The minimum atomic E-state index is 0.601. The Morgan fingerprint density at radius 3 is 3.00 bits per heavy atom. The molecule has 0 atom stereocenters. The first-order valence-electron chi connectivity index (χ1n) is 4.32. The predicted octanol–water partition coefficient (Wildman–Crippen LogP) is 1.46. The molecule has 0 aliphatic carbocycles. The van der Waals surface area contributed by atoms with Crippen molar-refractivity contribution in [1.29, 1.82) is 0 Å². The monoisotopic (exact) mass is 184 g/mol. The molecule has 0 aliphatic heterocycles.